The molecule has 0 atom stereocenters. The van der Waals surface area contributed by atoms with Crippen LogP contribution in [0.2, 0.25) is 0 Å². The maximum atomic E-state index is 6.09. The lowest BCUT2D eigenvalue weighted by atomic mass is 9.91. The molecule has 0 N–H and O–H groups in total. The van der Waals surface area contributed by atoms with Crippen molar-refractivity contribution in [3.05, 3.63) is 176 Å². The van der Waals surface area contributed by atoms with E-state index in [-0.39, 0.29) is 0 Å². The Hall–Kier alpha value is -6.65. The second-order valence-corrected chi connectivity index (χ2v) is 12.1. The van der Waals surface area contributed by atoms with Crippen molar-refractivity contribution in [2.45, 2.75) is 0 Å². The molecular formula is C45H29N3O. The molecular weight excluding hydrogens is 599 g/mol. The molecule has 0 saturated heterocycles. The molecule has 0 radical (unpaired) electrons. The molecule has 0 aliphatic heterocycles. The van der Waals surface area contributed by atoms with E-state index in [1.165, 1.54) is 22.3 Å². The van der Waals surface area contributed by atoms with Gasteiger partial charge in [-0.05, 0) is 63.7 Å². The Morgan fingerprint density at radius 1 is 0.286 bits per heavy atom. The number of hydrogen-bond donors (Lipinski definition) is 0. The lowest BCUT2D eigenvalue weighted by Crippen LogP contribution is -2.00. The van der Waals surface area contributed by atoms with Gasteiger partial charge in [0.15, 0.2) is 17.5 Å². The van der Waals surface area contributed by atoms with Crippen LogP contribution in [0, 0.1) is 0 Å². The summed E-state index contributed by atoms with van der Waals surface area (Å²) in [7, 11) is 0. The fraction of sp³-hybridized carbons (Fsp3) is 0. The van der Waals surface area contributed by atoms with E-state index in [2.05, 4.69) is 115 Å². The van der Waals surface area contributed by atoms with Crippen LogP contribution < -0.4 is 0 Å². The molecule has 0 spiro atoms. The van der Waals surface area contributed by atoms with Crippen molar-refractivity contribution in [1.29, 1.82) is 0 Å². The van der Waals surface area contributed by atoms with E-state index in [1.54, 1.807) is 0 Å². The summed E-state index contributed by atoms with van der Waals surface area (Å²) in [6.45, 7) is 0. The number of nitrogens with zero attached hydrogens (tertiary/aromatic N) is 3. The van der Waals surface area contributed by atoms with E-state index in [4.69, 9.17) is 19.4 Å². The van der Waals surface area contributed by atoms with Gasteiger partial charge in [0.25, 0.3) is 0 Å². The first-order valence-corrected chi connectivity index (χ1v) is 16.4. The van der Waals surface area contributed by atoms with Gasteiger partial charge in [0.05, 0.1) is 0 Å². The van der Waals surface area contributed by atoms with Gasteiger partial charge in [0, 0.05) is 27.5 Å². The third kappa shape index (κ3) is 5.45. The topological polar surface area (TPSA) is 51.8 Å². The van der Waals surface area contributed by atoms with Crippen LogP contribution in [0.5, 0.6) is 0 Å². The Bertz CT molecular complexity index is 2580. The molecule has 49 heavy (non-hydrogen) atoms. The SMILES string of the molecule is c1ccc(-c2nc(-c3ccc(-c4ccc(-c5ccccc5)c(-c5ccccc5)c4)cc3)nc(-c3ccc4oc5ccccc5c4c3)n2)cc1. The molecule has 2 aromatic heterocycles. The first kappa shape index (κ1) is 28.6. The van der Waals surface area contributed by atoms with Gasteiger partial charge in [-0.25, -0.2) is 15.0 Å². The van der Waals surface area contributed by atoms with Crippen molar-refractivity contribution >= 4 is 21.9 Å². The largest absolute Gasteiger partial charge is 0.456 e. The fourth-order valence-corrected chi connectivity index (χ4v) is 6.48. The molecule has 0 aliphatic carbocycles. The minimum Gasteiger partial charge on any atom is -0.456 e. The van der Waals surface area contributed by atoms with Crippen molar-refractivity contribution < 1.29 is 4.42 Å². The molecule has 0 aliphatic rings. The average molecular weight is 628 g/mol. The molecule has 9 aromatic rings. The first-order chi connectivity index (χ1) is 24.3. The normalized spacial score (nSPS) is 11.3. The minimum atomic E-state index is 0.615. The van der Waals surface area contributed by atoms with Crippen LogP contribution in [0.15, 0.2) is 180 Å². The summed E-state index contributed by atoms with van der Waals surface area (Å²) < 4.78 is 6.09. The van der Waals surface area contributed by atoms with Crippen molar-refractivity contribution in [3.8, 4) is 67.5 Å². The maximum absolute atomic E-state index is 6.09. The van der Waals surface area contributed by atoms with E-state index in [9.17, 15) is 0 Å². The Balaban J connectivity index is 1.13. The van der Waals surface area contributed by atoms with Gasteiger partial charge >= 0.3 is 0 Å². The molecule has 4 heteroatoms. The van der Waals surface area contributed by atoms with Gasteiger partial charge in [0.2, 0.25) is 0 Å². The highest BCUT2D eigenvalue weighted by molar-refractivity contribution is 6.06. The lowest BCUT2D eigenvalue weighted by molar-refractivity contribution is 0.669. The smallest absolute Gasteiger partial charge is 0.164 e. The Labute approximate surface area is 284 Å². The first-order valence-electron chi connectivity index (χ1n) is 16.4. The van der Waals surface area contributed by atoms with E-state index >= 15 is 0 Å². The summed E-state index contributed by atoms with van der Waals surface area (Å²) in [6.07, 6.45) is 0. The van der Waals surface area contributed by atoms with Gasteiger partial charge in [-0.1, -0.05) is 146 Å². The molecule has 7 aromatic carbocycles. The Kier molecular flexibility index (Phi) is 7.10. The van der Waals surface area contributed by atoms with Crippen molar-refractivity contribution in [2.75, 3.05) is 0 Å². The minimum absolute atomic E-state index is 0.615. The zero-order chi connectivity index (χ0) is 32.6. The summed E-state index contributed by atoms with van der Waals surface area (Å²) >= 11 is 0. The number of rotatable bonds is 6. The van der Waals surface area contributed by atoms with Crippen molar-refractivity contribution in [1.82, 2.24) is 15.0 Å². The summed E-state index contributed by atoms with van der Waals surface area (Å²) in [5.41, 5.74) is 11.5. The van der Waals surface area contributed by atoms with Crippen LogP contribution in [-0.2, 0) is 0 Å². The number of aromatic nitrogens is 3. The second kappa shape index (κ2) is 12.2. The van der Waals surface area contributed by atoms with Crippen LogP contribution in [0.3, 0.4) is 0 Å². The van der Waals surface area contributed by atoms with E-state index in [1.807, 2.05) is 60.7 Å². The maximum Gasteiger partial charge on any atom is 0.164 e. The van der Waals surface area contributed by atoms with Gasteiger partial charge < -0.3 is 4.42 Å². The Morgan fingerprint density at radius 3 is 1.43 bits per heavy atom. The highest BCUT2D eigenvalue weighted by Crippen LogP contribution is 2.37. The predicted molar refractivity (Wildman–Crippen MR) is 200 cm³/mol. The number of para-hydroxylation sites is 1. The molecule has 4 nitrogen and oxygen atoms in total. The third-order valence-electron chi connectivity index (χ3n) is 8.97. The zero-order valence-electron chi connectivity index (χ0n) is 26.5. The lowest BCUT2D eigenvalue weighted by Gasteiger charge is -2.13. The molecule has 0 unspecified atom stereocenters. The monoisotopic (exact) mass is 627 g/mol. The summed E-state index contributed by atoms with van der Waals surface area (Å²) in [6, 6.07) is 60.7. The predicted octanol–water partition coefficient (Wildman–Crippen LogP) is 11.8. The van der Waals surface area contributed by atoms with Crippen molar-refractivity contribution in [3.63, 3.8) is 0 Å². The van der Waals surface area contributed by atoms with E-state index < -0.39 is 0 Å². The van der Waals surface area contributed by atoms with E-state index in [0.717, 1.165) is 49.8 Å². The number of fused-ring (bicyclic) bond motifs is 3. The van der Waals surface area contributed by atoms with Gasteiger partial charge in [0.1, 0.15) is 11.2 Å². The molecule has 0 bridgehead atoms. The van der Waals surface area contributed by atoms with Gasteiger partial charge in [-0.2, -0.15) is 0 Å². The van der Waals surface area contributed by atoms with Crippen LogP contribution in [0.4, 0.5) is 0 Å². The molecule has 230 valence electrons. The molecule has 0 fully saturated rings. The standard InChI is InChI=1S/C45H29N3O/c1-4-12-31(13-5-1)37-26-24-35(28-39(37)32-14-6-2-7-15-32)30-20-22-34(23-21-30)44-46-43(33-16-8-3-9-17-33)47-45(48-44)36-25-27-42-40(29-36)38-18-10-11-19-41(38)49-42/h1-29H. The van der Waals surface area contributed by atoms with Gasteiger partial charge in [-0.3, -0.25) is 0 Å². The highest BCUT2D eigenvalue weighted by atomic mass is 16.3. The van der Waals surface area contributed by atoms with Gasteiger partial charge in [-0.15, -0.1) is 0 Å². The third-order valence-corrected chi connectivity index (χ3v) is 8.97. The number of benzene rings is 7. The Morgan fingerprint density at radius 2 is 0.755 bits per heavy atom. The molecule has 2 heterocycles. The second-order valence-electron chi connectivity index (χ2n) is 12.1. The fourth-order valence-electron chi connectivity index (χ4n) is 6.48. The number of furan rings is 1. The molecule has 9 rings (SSSR count). The summed E-state index contributed by atoms with van der Waals surface area (Å²) in [5, 5.41) is 2.11. The van der Waals surface area contributed by atoms with Crippen LogP contribution in [-0.4, -0.2) is 15.0 Å². The van der Waals surface area contributed by atoms with Crippen molar-refractivity contribution in [2.24, 2.45) is 0 Å². The summed E-state index contributed by atoms with van der Waals surface area (Å²) in [4.78, 5) is 14.9. The highest BCUT2D eigenvalue weighted by Gasteiger charge is 2.15. The zero-order valence-corrected chi connectivity index (χ0v) is 26.5. The van der Waals surface area contributed by atoms with Crippen LogP contribution >= 0.6 is 0 Å². The summed E-state index contributed by atoms with van der Waals surface area (Å²) in [5.74, 6) is 1.87. The quantitative estimate of drug-likeness (QED) is 0.184. The number of hydrogen-bond acceptors (Lipinski definition) is 4. The average Bonchev–Trinajstić information content (AvgIpc) is 3.57. The van der Waals surface area contributed by atoms with Crippen LogP contribution in [0.25, 0.3) is 89.5 Å². The molecule has 0 amide bonds. The van der Waals surface area contributed by atoms with Crippen LogP contribution in [0.1, 0.15) is 0 Å². The van der Waals surface area contributed by atoms with E-state index in [0.29, 0.717) is 17.5 Å². The molecule has 0 saturated carbocycles.